The second-order valence-electron chi connectivity index (χ2n) is 5.24. The Morgan fingerprint density at radius 1 is 1.35 bits per heavy atom. The molecule has 20 heavy (non-hydrogen) atoms. The molecule has 0 aromatic heterocycles. The van der Waals surface area contributed by atoms with Crippen LogP contribution in [0.4, 0.5) is 0 Å². The fraction of sp³-hybridized carbons (Fsp3) is 0.562. The van der Waals surface area contributed by atoms with Crippen LogP contribution in [-0.4, -0.2) is 36.4 Å². The quantitative estimate of drug-likeness (QED) is 0.754. The van der Waals surface area contributed by atoms with Gasteiger partial charge in [0.25, 0.3) is 0 Å². The SMILES string of the molecule is O=C(CCOc1ccccc1)N1CCCC(CCCl)C1. The molecule has 1 aromatic carbocycles. The molecule has 1 amide bonds. The average Bonchev–Trinajstić information content (AvgIpc) is 2.49. The van der Waals surface area contributed by atoms with Crippen molar-refractivity contribution >= 4 is 17.5 Å². The zero-order valence-electron chi connectivity index (χ0n) is 11.8. The van der Waals surface area contributed by atoms with Gasteiger partial charge in [0.2, 0.25) is 5.91 Å². The van der Waals surface area contributed by atoms with E-state index in [1.54, 1.807) is 0 Å². The van der Waals surface area contributed by atoms with Gasteiger partial charge in [-0.25, -0.2) is 0 Å². The Bertz CT molecular complexity index is 408. The van der Waals surface area contributed by atoms with Crippen molar-refractivity contribution in [2.24, 2.45) is 5.92 Å². The molecule has 3 nitrogen and oxygen atoms in total. The molecule has 2 rings (SSSR count). The molecule has 1 aromatic rings. The summed E-state index contributed by atoms with van der Waals surface area (Å²) < 4.78 is 5.57. The van der Waals surface area contributed by atoms with E-state index in [9.17, 15) is 4.79 Å². The summed E-state index contributed by atoms with van der Waals surface area (Å²) in [4.78, 5) is 14.1. The Labute approximate surface area is 125 Å². The van der Waals surface area contributed by atoms with Crippen LogP contribution in [0.3, 0.4) is 0 Å². The maximum absolute atomic E-state index is 12.2. The number of alkyl halides is 1. The highest BCUT2D eigenvalue weighted by Gasteiger charge is 2.22. The number of benzene rings is 1. The van der Waals surface area contributed by atoms with Crippen molar-refractivity contribution in [1.82, 2.24) is 4.90 Å². The zero-order valence-corrected chi connectivity index (χ0v) is 12.5. The van der Waals surface area contributed by atoms with Gasteiger partial charge in [-0.1, -0.05) is 18.2 Å². The molecule has 110 valence electrons. The highest BCUT2D eigenvalue weighted by molar-refractivity contribution is 6.17. The smallest absolute Gasteiger partial charge is 0.226 e. The molecule has 0 radical (unpaired) electrons. The van der Waals surface area contributed by atoms with Gasteiger partial charge in [0.15, 0.2) is 0 Å². The molecule has 0 bridgehead atoms. The number of likely N-dealkylation sites (tertiary alicyclic amines) is 1. The number of nitrogens with zero attached hydrogens (tertiary/aromatic N) is 1. The molecule has 0 N–H and O–H groups in total. The number of hydrogen-bond acceptors (Lipinski definition) is 2. The third-order valence-electron chi connectivity index (χ3n) is 3.72. The van der Waals surface area contributed by atoms with E-state index in [-0.39, 0.29) is 5.91 Å². The van der Waals surface area contributed by atoms with Gasteiger partial charge in [0.1, 0.15) is 5.75 Å². The van der Waals surface area contributed by atoms with E-state index in [4.69, 9.17) is 16.3 Å². The van der Waals surface area contributed by atoms with Gasteiger partial charge < -0.3 is 9.64 Å². The minimum absolute atomic E-state index is 0.195. The molecule has 1 aliphatic heterocycles. The number of rotatable bonds is 6. The number of piperidine rings is 1. The summed E-state index contributed by atoms with van der Waals surface area (Å²) in [5.41, 5.74) is 0. The van der Waals surface area contributed by atoms with Crippen LogP contribution >= 0.6 is 11.6 Å². The van der Waals surface area contributed by atoms with Gasteiger partial charge >= 0.3 is 0 Å². The van der Waals surface area contributed by atoms with Crippen LogP contribution in [0.2, 0.25) is 0 Å². The lowest BCUT2D eigenvalue weighted by atomic mass is 9.95. The Hall–Kier alpha value is -1.22. The maximum Gasteiger partial charge on any atom is 0.226 e. The van der Waals surface area contributed by atoms with E-state index in [0.717, 1.165) is 31.7 Å². The van der Waals surface area contributed by atoms with E-state index in [0.29, 0.717) is 24.8 Å². The molecule has 0 aliphatic carbocycles. The number of halogens is 1. The van der Waals surface area contributed by atoms with Crippen LogP contribution in [0.15, 0.2) is 30.3 Å². The second kappa shape index (κ2) is 8.15. The van der Waals surface area contributed by atoms with Crippen LogP contribution in [-0.2, 0) is 4.79 Å². The highest BCUT2D eigenvalue weighted by Crippen LogP contribution is 2.20. The summed E-state index contributed by atoms with van der Waals surface area (Å²) in [5, 5.41) is 0. The van der Waals surface area contributed by atoms with Gasteiger partial charge in [-0.3, -0.25) is 4.79 Å². The zero-order chi connectivity index (χ0) is 14.2. The van der Waals surface area contributed by atoms with Crippen molar-refractivity contribution in [3.05, 3.63) is 30.3 Å². The summed E-state index contributed by atoms with van der Waals surface area (Å²) >= 11 is 5.79. The minimum Gasteiger partial charge on any atom is -0.493 e. The third kappa shape index (κ3) is 4.71. The largest absolute Gasteiger partial charge is 0.493 e. The van der Waals surface area contributed by atoms with Crippen LogP contribution in [0.1, 0.15) is 25.7 Å². The standard InChI is InChI=1S/C16H22ClNO2/c17-10-8-14-5-4-11-18(13-14)16(19)9-12-20-15-6-2-1-3-7-15/h1-3,6-7,14H,4-5,8-13H2. The first-order valence-corrected chi connectivity index (χ1v) is 7.84. The minimum atomic E-state index is 0.195. The first kappa shape index (κ1) is 15.2. The molecule has 1 saturated heterocycles. The highest BCUT2D eigenvalue weighted by atomic mass is 35.5. The van der Waals surface area contributed by atoms with Crippen molar-refractivity contribution in [2.45, 2.75) is 25.7 Å². The van der Waals surface area contributed by atoms with Crippen LogP contribution in [0.25, 0.3) is 0 Å². The molecule has 0 saturated carbocycles. The summed E-state index contributed by atoms with van der Waals surface area (Å²) in [6, 6.07) is 9.61. The molecular weight excluding hydrogens is 274 g/mol. The van der Waals surface area contributed by atoms with Gasteiger partial charge in [0, 0.05) is 19.0 Å². The Kier molecular flexibility index (Phi) is 6.19. The summed E-state index contributed by atoms with van der Waals surface area (Å²) in [5.74, 6) is 2.27. The van der Waals surface area contributed by atoms with Gasteiger partial charge in [0.05, 0.1) is 13.0 Å². The topological polar surface area (TPSA) is 29.5 Å². The number of carbonyl (C=O) groups is 1. The monoisotopic (exact) mass is 295 g/mol. The fourth-order valence-corrected chi connectivity index (χ4v) is 2.92. The molecule has 1 atom stereocenters. The summed E-state index contributed by atoms with van der Waals surface area (Å²) in [7, 11) is 0. The number of carbonyl (C=O) groups excluding carboxylic acids is 1. The number of ether oxygens (including phenoxy) is 1. The van der Waals surface area contributed by atoms with E-state index >= 15 is 0 Å². The molecule has 0 spiro atoms. The molecule has 4 heteroatoms. The number of amides is 1. The predicted octanol–water partition coefficient (Wildman–Crippen LogP) is 3.32. The lowest BCUT2D eigenvalue weighted by Gasteiger charge is -2.32. The number of para-hydroxylation sites is 1. The van der Waals surface area contributed by atoms with E-state index in [1.165, 1.54) is 6.42 Å². The van der Waals surface area contributed by atoms with Gasteiger partial charge in [-0.2, -0.15) is 0 Å². The van der Waals surface area contributed by atoms with Crippen molar-refractivity contribution < 1.29 is 9.53 Å². The summed E-state index contributed by atoms with van der Waals surface area (Å²) in [6.45, 7) is 2.18. The molecular formula is C16H22ClNO2. The first-order valence-electron chi connectivity index (χ1n) is 7.31. The average molecular weight is 296 g/mol. The Balaban J connectivity index is 1.71. The Morgan fingerprint density at radius 2 is 2.15 bits per heavy atom. The molecule has 1 aliphatic rings. The van der Waals surface area contributed by atoms with E-state index in [1.807, 2.05) is 35.2 Å². The van der Waals surface area contributed by atoms with Gasteiger partial charge in [-0.05, 0) is 37.3 Å². The third-order valence-corrected chi connectivity index (χ3v) is 3.94. The van der Waals surface area contributed by atoms with Gasteiger partial charge in [-0.15, -0.1) is 11.6 Å². The van der Waals surface area contributed by atoms with Crippen molar-refractivity contribution in [2.75, 3.05) is 25.6 Å². The lowest BCUT2D eigenvalue weighted by Crippen LogP contribution is -2.40. The summed E-state index contributed by atoms with van der Waals surface area (Å²) in [6.07, 6.45) is 3.73. The lowest BCUT2D eigenvalue weighted by molar-refractivity contribution is -0.133. The molecule has 1 unspecified atom stereocenters. The molecule has 1 fully saturated rings. The second-order valence-corrected chi connectivity index (χ2v) is 5.62. The Morgan fingerprint density at radius 3 is 2.90 bits per heavy atom. The van der Waals surface area contributed by atoms with Crippen LogP contribution in [0, 0.1) is 5.92 Å². The van der Waals surface area contributed by atoms with Crippen LogP contribution in [0.5, 0.6) is 5.75 Å². The van der Waals surface area contributed by atoms with Crippen LogP contribution < -0.4 is 4.74 Å². The number of hydrogen-bond donors (Lipinski definition) is 0. The van der Waals surface area contributed by atoms with E-state index < -0.39 is 0 Å². The van der Waals surface area contributed by atoms with E-state index in [2.05, 4.69) is 0 Å². The fourth-order valence-electron chi connectivity index (χ4n) is 2.61. The first-order chi connectivity index (χ1) is 9.79. The molecule has 1 heterocycles. The van der Waals surface area contributed by atoms with Crippen molar-refractivity contribution in [1.29, 1.82) is 0 Å². The normalized spacial score (nSPS) is 18.9. The predicted molar refractivity (Wildman–Crippen MR) is 81.2 cm³/mol. The maximum atomic E-state index is 12.2. The van der Waals surface area contributed by atoms with Crippen molar-refractivity contribution in [3.63, 3.8) is 0 Å². The van der Waals surface area contributed by atoms with Crippen molar-refractivity contribution in [3.8, 4) is 5.75 Å².